The minimum atomic E-state index is -0.418. The lowest BCUT2D eigenvalue weighted by molar-refractivity contribution is -0.105. The van der Waals surface area contributed by atoms with E-state index in [1.165, 1.54) is 23.5 Å². The van der Waals surface area contributed by atoms with Gasteiger partial charge in [-0.1, -0.05) is 0 Å². The number of hydrogen-bond donors (Lipinski definition) is 1. The number of carbonyl (C=O) groups excluding carboxylic acids is 1. The number of amides is 1. The lowest BCUT2D eigenvalue weighted by Gasteiger charge is -2.01. The zero-order valence-electron chi connectivity index (χ0n) is 9.95. The van der Waals surface area contributed by atoms with Crippen LogP contribution < -0.4 is 16.7 Å². The summed E-state index contributed by atoms with van der Waals surface area (Å²) in [5.74, 6) is 0. The molecule has 0 spiro atoms. The number of rotatable bonds is 3. The molecule has 2 rings (SSSR count). The van der Waals surface area contributed by atoms with Crippen LogP contribution in [0.3, 0.4) is 0 Å². The molecule has 0 aliphatic heterocycles. The summed E-state index contributed by atoms with van der Waals surface area (Å²) in [5.41, 5.74) is 0.212. The molecule has 1 amide bonds. The first-order valence-electron chi connectivity index (χ1n) is 5.22. The average Bonchev–Trinajstić information content (AvgIpc) is 2.56. The molecule has 0 aliphatic rings. The molecule has 18 heavy (non-hydrogen) atoms. The van der Waals surface area contributed by atoms with Crippen LogP contribution >= 0.6 is 0 Å². The Morgan fingerprint density at radius 1 is 1.00 bits per heavy atom. The molecule has 7 heteroatoms. The fourth-order valence-electron chi connectivity index (χ4n) is 1.62. The molecule has 0 saturated carbocycles. The Kier molecular flexibility index (Phi) is 2.88. The Morgan fingerprint density at radius 3 is 1.94 bits per heavy atom. The predicted molar refractivity (Wildman–Crippen MR) is 65.9 cm³/mol. The number of nitrogens with one attached hydrogen (secondary N) is 1. The Labute approximate surface area is 102 Å². The van der Waals surface area contributed by atoms with Gasteiger partial charge in [0.15, 0.2) is 0 Å². The van der Waals surface area contributed by atoms with E-state index in [-0.39, 0.29) is 0 Å². The molecule has 2 aromatic rings. The zero-order valence-corrected chi connectivity index (χ0v) is 9.95. The summed E-state index contributed by atoms with van der Waals surface area (Å²) in [7, 11) is 3.03. The molecule has 0 fully saturated rings. The first-order chi connectivity index (χ1) is 8.56. The molecule has 1 aromatic carbocycles. The predicted octanol–water partition coefficient (Wildman–Crippen LogP) is -0.557. The highest BCUT2D eigenvalue weighted by molar-refractivity contribution is 5.71. The Bertz CT molecular complexity index is 657. The number of nitrogens with zero attached hydrogens (tertiary/aromatic N) is 3. The molecule has 0 radical (unpaired) electrons. The summed E-state index contributed by atoms with van der Waals surface area (Å²) in [5, 5.41) is 2.48. The van der Waals surface area contributed by atoms with Crippen molar-refractivity contribution in [1.82, 2.24) is 13.9 Å². The first kappa shape index (κ1) is 11.9. The lowest BCUT2D eigenvalue weighted by Crippen LogP contribution is -2.26. The van der Waals surface area contributed by atoms with Crippen LogP contribution in [0.5, 0.6) is 0 Å². The summed E-state index contributed by atoms with van der Waals surface area (Å²) < 4.78 is 3.50. The van der Waals surface area contributed by atoms with Gasteiger partial charge < -0.3 is 5.32 Å². The lowest BCUT2D eigenvalue weighted by atomic mass is 10.3. The number of carbonyl (C=O) groups is 1. The van der Waals surface area contributed by atoms with Crippen molar-refractivity contribution in [2.75, 3.05) is 5.32 Å². The molecule has 0 saturated heterocycles. The number of benzene rings is 1. The van der Waals surface area contributed by atoms with Crippen molar-refractivity contribution in [1.29, 1.82) is 0 Å². The standard InChI is InChI=1S/C11H12N4O3/c1-13-10(17)15(11(18)14(13)2)9-5-3-8(4-6-9)12-7-16/h3-7H,1-2H3,(H,12,16). The Hall–Kier alpha value is -2.57. The van der Waals surface area contributed by atoms with Gasteiger partial charge in [-0.2, -0.15) is 0 Å². The number of hydrogen-bond acceptors (Lipinski definition) is 3. The van der Waals surface area contributed by atoms with E-state index in [1.54, 1.807) is 24.3 Å². The van der Waals surface area contributed by atoms with Gasteiger partial charge in [-0.15, -0.1) is 0 Å². The average molecular weight is 248 g/mol. The van der Waals surface area contributed by atoms with Crippen LogP contribution in [0.4, 0.5) is 5.69 Å². The third-order valence-corrected chi connectivity index (χ3v) is 2.74. The van der Waals surface area contributed by atoms with Crippen LogP contribution in [-0.4, -0.2) is 20.3 Å². The van der Waals surface area contributed by atoms with Crippen molar-refractivity contribution in [3.05, 3.63) is 45.2 Å². The van der Waals surface area contributed by atoms with Gasteiger partial charge in [0.25, 0.3) is 0 Å². The monoisotopic (exact) mass is 248 g/mol. The van der Waals surface area contributed by atoms with Crippen LogP contribution in [0.25, 0.3) is 5.69 Å². The van der Waals surface area contributed by atoms with Crippen LogP contribution in [0.1, 0.15) is 0 Å². The van der Waals surface area contributed by atoms with Crippen molar-refractivity contribution >= 4 is 12.1 Å². The summed E-state index contributed by atoms with van der Waals surface area (Å²) in [6.45, 7) is 0. The van der Waals surface area contributed by atoms with Crippen molar-refractivity contribution in [3.63, 3.8) is 0 Å². The van der Waals surface area contributed by atoms with E-state index in [0.29, 0.717) is 17.8 Å². The van der Waals surface area contributed by atoms with Gasteiger partial charge in [0, 0.05) is 19.8 Å². The maximum absolute atomic E-state index is 11.9. The van der Waals surface area contributed by atoms with Crippen LogP contribution in [0.2, 0.25) is 0 Å². The molecule has 1 N–H and O–H groups in total. The van der Waals surface area contributed by atoms with Gasteiger partial charge in [-0.05, 0) is 24.3 Å². The van der Waals surface area contributed by atoms with Crippen LogP contribution in [0, 0.1) is 0 Å². The molecule has 7 nitrogen and oxygen atoms in total. The second-order valence-electron chi connectivity index (χ2n) is 3.76. The highest BCUT2D eigenvalue weighted by Crippen LogP contribution is 2.09. The van der Waals surface area contributed by atoms with Gasteiger partial charge >= 0.3 is 11.4 Å². The summed E-state index contributed by atoms with van der Waals surface area (Å²) in [6, 6.07) is 6.41. The Balaban J connectivity index is 2.56. The van der Waals surface area contributed by atoms with Crippen molar-refractivity contribution in [2.24, 2.45) is 14.1 Å². The maximum Gasteiger partial charge on any atom is 0.351 e. The highest BCUT2D eigenvalue weighted by atomic mass is 16.2. The molecule has 1 aromatic heterocycles. The second kappa shape index (κ2) is 4.36. The first-order valence-corrected chi connectivity index (χ1v) is 5.22. The number of aromatic nitrogens is 3. The van der Waals surface area contributed by atoms with E-state index < -0.39 is 11.4 Å². The van der Waals surface area contributed by atoms with Crippen molar-refractivity contribution < 1.29 is 4.79 Å². The summed E-state index contributed by atoms with van der Waals surface area (Å²) in [4.78, 5) is 34.0. The third-order valence-electron chi connectivity index (χ3n) is 2.74. The van der Waals surface area contributed by atoms with E-state index in [4.69, 9.17) is 0 Å². The molecule has 0 atom stereocenters. The normalized spacial score (nSPS) is 10.3. The summed E-state index contributed by atoms with van der Waals surface area (Å²) in [6.07, 6.45) is 0.558. The fourth-order valence-corrected chi connectivity index (χ4v) is 1.62. The van der Waals surface area contributed by atoms with Gasteiger partial charge in [-0.25, -0.2) is 23.5 Å². The van der Waals surface area contributed by atoms with Crippen molar-refractivity contribution in [2.45, 2.75) is 0 Å². The quantitative estimate of drug-likeness (QED) is 0.740. The van der Waals surface area contributed by atoms with Gasteiger partial charge in [0.05, 0.1) is 5.69 Å². The van der Waals surface area contributed by atoms with Gasteiger partial charge in [-0.3, -0.25) is 4.79 Å². The minimum absolute atomic E-state index is 0.418. The highest BCUT2D eigenvalue weighted by Gasteiger charge is 2.11. The minimum Gasteiger partial charge on any atom is -0.329 e. The molecule has 0 aliphatic carbocycles. The number of anilines is 1. The van der Waals surface area contributed by atoms with E-state index >= 15 is 0 Å². The summed E-state index contributed by atoms with van der Waals surface area (Å²) >= 11 is 0. The maximum atomic E-state index is 11.9. The fraction of sp³-hybridized carbons (Fsp3) is 0.182. The van der Waals surface area contributed by atoms with Crippen LogP contribution in [-0.2, 0) is 18.9 Å². The molecule has 0 unspecified atom stereocenters. The van der Waals surface area contributed by atoms with Gasteiger partial charge in [0.2, 0.25) is 6.41 Å². The largest absolute Gasteiger partial charge is 0.351 e. The van der Waals surface area contributed by atoms with Crippen LogP contribution in [0.15, 0.2) is 33.9 Å². The Morgan fingerprint density at radius 2 is 1.50 bits per heavy atom. The molecule has 94 valence electrons. The molecule has 1 heterocycles. The molecule has 0 bridgehead atoms. The smallest absolute Gasteiger partial charge is 0.329 e. The third kappa shape index (κ3) is 1.75. The second-order valence-corrected chi connectivity index (χ2v) is 3.76. The van der Waals surface area contributed by atoms with E-state index in [2.05, 4.69) is 5.32 Å². The zero-order chi connectivity index (χ0) is 13.3. The van der Waals surface area contributed by atoms with Gasteiger partial charge in [0.1, 0.15) is 0 Å². The molecular weight excluding hydrogens is 236 g/mol. The SMILES string of the molecule is Cn1c(=O)n(-c2ccc(NC=O)cc2)c(=O)n1C. The topological polar surface area (TPSA) is 78.0 Å². The molecular formula is C11H12N4O3. The van der Waals surface area contributed by atoms with E-state index in [0.717, 1.165) is 4.57 Å². The van der Waals surface area contributed by atoms with Crippen molar-refractivity contribution in [3.8, 4) is 5.69 Å². The van der Waals surface area contributed by atoms with E-state index in [9.17, 15) is 14.4 Å². The van der Waals surface area contributed by atoms with E-state index in [1.807, 2.05) is 0 Å².